The first-order valence-electron chi connectivity index (χ1n) is 3.85. The van der Waals surface area contributed by atoms with Crippen molar-refractivity contribution in [2.75, 3.05) is 0 Å². The van der Waals surface area contributed by atoms with E-state index in [2.05, 4.69) is 9.59 Å². The van der Waals surface area contributed by atoms with E-state index >= 15 is 0 Å². The molecule has 0 spiro atoms. The molecule has 1 heterocycles. The van der Waals surface area contributed by atoms with Crippen molar-refractivity contribution in [1.29, 1.82) is 0 Å². The molecule has 2 rings (SSSR count). The smallest absolute Gasteiger partial charge is 0.206 e. The van der Waals surface area contributed by atoms with Crippen LogP contribution in [0.25, 0.3) is 0 Å². The molecular formula is C9H5FN2OS. The standard InChI is InChI=1S/C9H5FN2OS/c10-7-3-1-6(2-4-7)9(13)8-5-11-12-14-8/h1-5H. The molecule has 0 unspecified atom stereocenters. The Labute approximate surface area is 83.4 Å². The number of halogens is 1. The summed E-state index contributed by atoms with van der Waals surface area (Å²) in [6.07, 6.45) is 1.40. The van der Waals surface area contributed by atoms with Gasteiger partial charge in [0.25, 0.3) is 0 Å². The predicted octanol–water partition coefficient (Wildman–Crippen LogP) is 1.91. The molecule has 1 aromatic heterocycles. The van der Waals surface area contributed by atoms with Crippen molar-refractivity contribution in [2.24, 2.45) is 0 Å². The second-order valence-electron chi connectivity index (χ2n) is 2.62. The van der Waals surface area contributed by atoms with Crippen molar-refractivity contribution in [3.05, 3.63) is 46.7 Å². The van der Waals surface area contributed by atoms with Gasteiger partial charge in [0, 0.05) is 5.56 Å². The van der Waals surface area contributed by atoms with Crippen molar-refractivity contribution >= 4 is 17.3 Å². The summed E-state index contributed by atoms with van der Waals surface area (Å²) in [5.74, 6) is -0.538. The first-order valence-corrected chi connectivity index (χ1v) is 4.62. The van der Waals surface area contributed by atoms with Crippen LogP contribution in [-0.2, 0) is 0 Å². The van der Waals surface area contributed by atoms with Crippen LogP contribution in [0, 0.1) is 5.82 Å². The Bertz CT molecular complexity index is 438. The van der Waals surface area contributed by atoms with Gasteiger partial charge in [-0.05, 0) is 35.8 Å². The average Bonchev–Trinajstić information content (AvgIpc) is 2.71. The minimum Gasteiger partial charge on any atom is -0.288 e. The molecule has 0 aliphatic heterocycles. The van der Waals surface area contributed by atoms with Crippen LogP contribution in [0.4, 0.5) is 4.39 Å². The largest absolute Gasteiger partial charge is 0.288 e. The average molecular weight is 208 g/mol. The second-order valence-corrected chi connectivity index (χ2v) is 3.40. The highest BCUT2D eigenvalue weighted by molar-refractivity contribution is 7.08. The maximum atomic E-state index is 12.6. The van der Waals surface area contributed by atoms with Gasteiger partial charge in [0.2, 0.25) is 5.78 Å². The molecule has 0 bridgehead atoms. The maximum absolute atomic E-state index is 12.6. The van der Waals surface area contributed by atoms with Gasteiger partial charge in [-0.15, -0.1) is 5.10 Å². The first kappa shape index (κ1) is 8.96. The van der Waals surface area contributed by atoms with E-state index < -0.39 is 0 Å². The minimum absolute atomic E-state index is 0.181. The van der Waals surface area contributed by atoms with Crippen LogP contribution in [0.15, 0.2) is 30.5 Å². The lowest BCUT2D eigenvalue weighted by atomic mass is 10.1. The summed E-state index contributed by atoms with van der Waals surface area (Å²) in [6, 6.07) is 5.39. The van der Waals surface area contributed by atoms with Gasteiger partial charge in [-0.25, -0.2) is 4.39 Å². The molecule has 1 aromatic carbocycles. The number of ketones is 1. The summed E-state index contributed by atoms with van der Waals surface area (Å²) in [7, 11) is 0. The summed E-state index contributed by atoms with van der Waals surface area (Å²) in [6.45, 7) is 0. The quantitative estimate of drug-likeness (QED) is 0.708. The number of carbonyl (C=O) groups is 1. The third kappa shape index (κ3) is 1.67. The monoisotopic (exact) mass is 208 g/mol. The fraction of sp³-hybridized carbons (Fsp3) is 0. The number of aromatic nitrogens is 2. The molecule has 0 atom stereocenters. The van der Waals surface area contributed by atoms with Gasteiger partial charge < -0.3 is 0 Å². The molecular weight excluding hydrogens is 203 g/mol. The molecule has 70 valence electrons. The van der Waals surface area contributed by atoms with E-state index in [0.29, 0.717) is 10.4 Å². The van der Waals surface area contributed by atoms with E-state index in [0.717, 1.165) is 11.5 Å². The van der Waals surface area contributed by atoms with Crippen molar-refractivity contribution in [3.8, 4) is 0 Å². The van der Waals surface area contributed by atoms with Crippen LogP contribution in [-0.4, -0.2) is 15.4 Å². The Morgan fingerprint density at radius 3 is 2.57 bits per heavy atom. The van der Waals surface area contributed by atoms with Gasteiger partial charge in [-0.3, -0.25) is 4.79 Å². The van der Waals surface area contributed by atoms with E-state index in [1.165, 1.54) is 30.5 Å². The second kappa shape index (κ2) is 3.63. The third-order valence-electron chi connectivity index (χ3n) is 1.69. The topological polar surface area (TPSA) is 42.9 Å². The summed E-state index contributed by atoms with van der Waals surface area (Å²) < 4.78 is 16.1. The van der Waals surface area contributed by atoms with E-state index in [1.807, 2.05) is 0 Å². The van der Waals surface area contributed by atoms with Crippen LogP contribution in [0.2, 0.25) is 0 Å². The number of carbonyl (C=O) groups excluding carboxylic acids is 1. The number of nitrogens with zero attached hydrogens (tertiary/aromatic N) is 2. The zero-order chi connectivity index (χ0) is 9.97. The molecule has 0 saturated carbocycles. The molecule has 0 fully saturated rings. The summed E-state index contributed by atoms with van der Waals surface area (Å²) in [5, 5.41) is 3.56. The van der Waals surface area contributed by atoms with Gasteiger partial charge in [-0.2, -0.15) is 0 Å². The van der Waals surface area contributed by atoms with Gasteiger partial charge >= 0.3 is 0 Å². The van der Waals surface area contributed by atoms with Crippen LogP contribution < -0.4 is 0 Å². The molecule has 0 amide bonds. The Morgan fingerprint density at radius 2 is 2.00 bits per heavy atom. The Hall–Kier alpha value is -1.62. The molecule has 14 heavy (non-hydrogen) atoms. The summed E-state index contributed by atoms with van der Waals surface area (Å²) >= 11 is 1.03. The lowest BCUT2D eigenvalue weighted by molar-refractivity contribution is 0.104. The lowest BCUT2D eigenvalue weighted by Gasteiger charge is -1.95. The van der Waals surface area contributed by atoms with Gasteiger partial charge in [-0.1, -0.05) is 4.49 Å². The molecule has 0 radical (unpaired) electrons. The fourth-order valence-electron chi connectivity index (χ4n) is 1.01. The molecule has 5 heteroatoms. The highest BCUT2D eigenvalue weighted by atomic mass is 32.1. The number of rotatable bonds is 2. The third-order valence-corrected chi connectivity index (χ3v) is 2.35. The normalized spacial score (nSPS) is 10.1. The van der Waals surface area contributed by atoms with Gasteiger partial charge in [0.15, 0.2) is 0 Å². The first-order chi connectivity index (χ1) is 6.77. The predicted molar refractivity (Wildman–Crippen MR) is 49.7 cm³/mol. The molecule has 0 aliphatic carbocycles. The zero-order valence-electron chi connectivity index (χ0n) is 6.98. The number of benzene rings is 1. The molecule has 0 saturated heterocycles. The summed E-state index contributed by atoms with van der Waals surface area (Å²) in [5.41, 5.74) is 0.442. The Kier molecular flexibility index (Phi) is 2.32. The Morgan fingerprint density at radius 1 is 1.29 bits per heavy atom. The van der Waals surface area contributed by atoms with Crippen LogP contribution in [0.3, 0.4) is 0 Å². The molecule has 3 nitrogen and oxygen atoms in total. The fourth-order valence-corrected chi connectivity index (χ4v) is 1.49. The van der Waals surface area contributed by atoms with Crippen LogP contribution in [0.1, 0.15) is 15.2 Å². The number of hydrogen-bond donors (Lipinski definition) is 0. The van der Waals surface area contributed by atoms with E-state index in [4.69, 9.17) is 0 Å². The van der Waals surface area contributed by atoms with Crippen LogP contribution in [0.5, 0.6) is 0 Å². The van der Waals surface area contributed by atoms with Crippen molar-refractivity contribution in [1.82, 2.24) is 9.59 Å². The van der Waals surface area contributed by atoms with Gasteiger partial charge in [0.1, 0.15) is 10.7 Å². The Balaban J connectivity index is 2.33. The van der Waals surface area contributed by atoms with Crippen molar-refractivity contribution < 1.29 is 9.18 Å². The molecule has 2 aromatic rings. The van der Waals surface area contributed by atoms with Gasteiger partial charge in [0.05, 0.1) is 6.20 Å². The van der Waals surface area contributed by atoms with E-state index in [-0.39, 0.29) is 11.6 Å². The number of hydrogen-bond acceptors (Lipinski definition) is 4. The zero-order valence-corrected chi connectivity index (χ0v) is 7.79. The SMILES string of the molecule is O=C(c1ccc(F)cc1)c1cnns1. The molecule has 0 aliphatic rings. The van der Waals surface area contributed by atoms with Crippen molar-refractivity contribution in [2.45, 2.75) is 0 Å². The van der Waals surface area contributed by atoms with E-state index in [9.17, 15) is 9.18 Å². The van der Waals surface area contributed by atoms with Crippen LogP contribution >= 0.6 is 11.5 Å². The lowest BCUT2D eigenvalue weighted by Crippen LogP contribution is -1.98. The summed E-state index contributed by atoms with van der Waals surface area (Å²) in [4.78, 5) is 12.1. The highest BCUT2D eigenvalue weighted by Crippen LogP contribution is 2.11. The maximum Gasteiger partial charge on any atom is 0.206 e. The highest BCUT2D eigenvalue weighted by Gasteiger charge is 2.10. The van der Waals surface area contributed by atoms with E-state index in [1.54, 1.807) is 0 Å². The molecule has 0 N–H and O–H groups in total. The van der Waals surface area contributed by atoms with Crippen molar-refractivity contribution in [3.63, 3.8) is 0 Å². The minimum atomic E-state index is -0.357.